The van der Waals surface area contributed by atoms with E-state index in [1.54, 1.807) is 36.4 Å². The lowest BCUT2D eigenvalue weighted by Crippen LogP contribution is -1.89. The second kappa shape index (κ2) is 6.14. The molecule has 0 heterocycles. The highest BCUT2D eigenvalue weighted by Gasteiger charge is 2.08. The summed E-state index contributed by atoms with van der Waals surface area (Å²) in [6.45, 7) is 0. The van der Waals surface area contributed by atoms with Gasteiger partial charge in [-0.25, -0.2) is 0 Å². The first kappa shape index (κ1) is 14.0. The van der Waals surface area contributed by atoms with Crippen LogP contribution in [0.1, 0.15) is 16.7 Å². The van der Waals surface area contributed by atoms with E-state index in [2.05, 4.69) is 0 Å². The van der Waals surface area contributed by atoms with Gasteiger partial charge in [-0.1, -0.05) is 24.3 Å². The minimum absolute atomic E-state index is 0.0616. The Balaban J connectivity index is 2.41. The molecule has 0 fully saturated rings. The minimum atomic E-state index is -0.500. The largest absolute Gasteiger partial charge is 0.270 e. The van der Waals surface area contributed by atoms with Gasteiger partial charge in [-0.15, -0.1) is 0 Å². The molecule has 100 valence electrons. The molecule has 0 saturated heterocycles. The van der Waals surface area contributed by atoms with E-state index in [1.807, 2.05) is 12.1 Å². The fourth-order valence-electron chi connectivity index (χ4n) is 1.79. The second-order valence-corrected chi connectivity index (χ2v) is 4.21. The summed E-state index contributed by atoms with van der Waals surface area (Å²) in [5.41, 5.74) is 2.02. The molecule has 21 heavy (non-hydrogen) atoms. The molecule has 0 bridgehead atoms. The normalized spacial score (nSPS) is 10.5. The number of nitro benzene ring substituents is 1. The van der Waals surface area contributed by atoms with Crippen molar-refractivity contribution >= 4 is 17.3 Å². The molecule has 0 N–H and O–H groups in total. The van der Waals surface area contributed by atoms with Crippen LogP contribution in [-0.2, 0) is 0 Å². The van der Waals surface area contributed by atoms with Gasteiger partial charge in [0.2, 0.25) is 0 Å². The summed E-state index contributed by atoms with van der Waals surface area (Å²) in [6.07, 6.45) is 1.63. The van der Waals surface area contributed by atoms with Gasteiger partial charge in [0.15, 0.2) is 0 Å². The Morgan fingerprint density at radius 2 is 1.86 bits per heavy atom. The Hall–Kier alpha value is -3.44. The Morgan fingerprint density at radius 3 is 2.43 bits per heavy atom. The summed E-state index contributed by atoms with van der Waals surface area (Å²) >= 11 is 0. The van der Waals surface area contributed by atoms with Crippen LogP contribution in [0.5, 0.6) is 0 Å². The van der Waals surface area contributed by atoms with Crippen molar-refractivity contribution in [2.24, 2.45) is 0 Å². The number of allylic oxidation sites excluding steroid dienone is 1. The molecule has 0 saturated carbocycles. The molecule has 0 aliphatic rings. The Kier molecular flexibility index (Phi) is 4.09. The lowest BCUT2D eigenvalue weighted by Gasteiger charge is -2.00. The third-order valence-electron chi connectivity index (χ3n) is 2.84. The predicted molar refractivity (Wildman–Crippen MR) is 77.7 cm³/mol. The van der Waals surface area contributed by atoms with Crippen LogP contribution in [0.3, 0.4) is 0 Å². The number of nitrogens with zero attached hydrogens (tertiary/aromatic N) is 3. The lowest BCUT2D eigenvalue weighted by atomic mass is 10.0. The first-order valence-electron chi connectivity index (χ1n) is 6.01. The van der Waals surface area contributed by atoms with Gasteiger partial charge in [-0.05, 0) is 29.3 Å². The molecule has 0 aliphatic heterocycles. The van der Waals surface area contributed by atoms with E-state index in [9.17, 15) is 15.4 Å². The smallest absolute Gasteiger partial charge is 0.258 e. The topological polar surface area (TPSA) is 90.7 Å². The Labute approximate surface area is 121 Å². The van der Waals surface area contributed by atoms with E-state index in [1.165, 1.54) is 18.2 Å². The number of non-ortho nitro benzene ring substituents is 1. The molecule has 0 aliphatic carbocycles. The zero-order valence-corrected chi connectivity index (χ0v) is 10.9. The summed E-state index contributed by atoms with van der Waals surface area (Å²) in [5.74, 6) is 0. The fourth-order valence-corrected chi connectivity index (χ4v) is 1.79. The third-order valence-corrected chi connectivity index (χ3v) is 2.84. The molecule has 2 rings (SSSR count). The van der Waals surface area contributed by atoms with Crippen LogP contribution in [-0.4, -0.2) is 4.92 Å². The molecule has 5 heteroatoms. The highest BCUT2D eigenvalue weighted by Crippen LogP contribution is 2.22. The average molecular weight is 275 g/mol. The van der Waals surface area contributed by atoms with Crippen LogP contribution in [0, 0.1) is 32.8 Å². The van der Waals surface area contributed by atoms with Crippen LogP contribution >= 0.6 is 0 Å². The van der Waals surface area contributed by atoms with E-state index in [-0.39, 0.29) is 5.69 Å². The van der Waals surface area contributed by atoms with Crippen LogP contribution in [0.15, 0.2) is 48.5 Å². The van der Waals surface area contributed by atoms with Gasteiger partial charge in [-0.2, -0.15) is 10.5 Å². The van der Waals surface area contributed by atoms with Gasteiger partial charge in [0.1, 0.15) is 0 Å². The third kappa shape index (κ3) is 3.31. The van der Waals surface area contributed by atoms with Crippen LogP contribution in [0.2, 0.25) is 0 Å². The zero-order chi connectivity index (χ0) is 15.2. The maximum Gasteiger partial charge on any atom is 0.270 e. The van der Waals surface area contributed by atoms with E-state index in [4.69, 9.17) is 5.26 Å². The van der Waals surface area contributed by atoms with Crippen molar-refractivity contribution in [3.8, 4) is 12.1 Å². The molecule has 2 aromatic carbocycles. The number of nitriles is 2. The summed E-state index contributed by atoms with van der Waals surface area (Å²) in [4.78, 5) is 10.3. The predicted octanol–water partition coefficient (Wildman–Crippen LogP) is 3.53. The maximum atomic E-state index is 10.8. The number of nitro groups is 1. The highest BCUT2D eigenvalue weighted by atomic mass is 16.6. The van der Waals surface area contributed by atoms with E-state index < -0.39 is 4.92 Å². The van der Waals surface area contributed by atoms with Crippen molar-refractivity contribution in [3.63, 3.8) is 0 Å². The number of hydrogen-bond acceptors (Lipinski definition) is 4. The van der Waals surface area contributed by atoms with Gasteiger partial charge in [-0.3, -0.25) is 10.1 Å². The molecule has 0 amide bonds. The zero-order valence-electron chi connectivity index (χ0n) is 10.9. The summed E-state index contributed by atoms with van der Waals surface area (Å²) in [6, 6.07) is 16.7. The van der Waals surface area contributed by atoms with Crippen LogP contribution in [0.4, 0.5) is 5.69 Å². The maximum absolute atomic E-state index is 10.8. The van der Waals surface area contributed by atoms with Gasteiger partial charge in [0, 0.05) is 12.1 Å². The molecular formula is C16H9N3O2. The summed E-state index contributed by atoms with van der Waals surface area (Å²) in [5, 5.41) is 28.7. The standard InChI is InChI=1S/C16H9N3O2/c17-10-13-6-4-12(5-7-13)8-15(11-18)14-2-1-3-16(9-14)19(20)21/h1-9H/b15-8-. The number of benzene rings is 2. The average Bonchev–Trinajstić information content (AvgIpc) is 2.53. The second-order valence-electron chi connectivity index (χ2n) is 4.21. The molecule has 0 radical (unpaired) electrons. The van der Waals surface area contributed by atoms with Crippen molar-refractivity contribution in [1.29, 1.82) is 10.5 Å². The Bertz CT molecular complexity index is 794. The summed E-state index contributed by atoms with van der Waals surface area (Å²) < 4.78 is 0. The molecule has 0 aromatic heterocycles. The van der Waals surface area contributed by atoms with Gasteiger partial charge < -0.3 is 0 Å². The molecule has 0 unspecified atom stereocenters. The number of rotatable bonds is 3. The van der Waals surface area contributed by atoms with Crippen molar-refractivity contribution in [3.05, 3.63) is 75.3 Å². The monoisotopic (exact) mass is 275 g/mol. The van der Waals surface area contributed by atoms with Gasteiger partial charge >= 0.3 is 0 Å². The lowest BCUT2D eigenvalue weighted by molar-refractivity contribution is -0.384. The van der Waals surface area contributed by atoms with Crippen LogP contribution < -0.4 is 0 Å². The molecule has 2 aromatic rings. The molecule has 0 atom stereocenters. The van der Waals surface area contributed by atoms with Gasteiger partial charge in [0.25, 0.3) is 5.69 Å². The molecule has 5 nitrogen and oxygen atoms in total. The summed E-state index contributed by atoms with van der Waals surface area (Å²) in [7, 11) is 0. The fraction of sp³-hybridized carbons (Fsp3) is 0. The van der Waals surface area contributed by atoms with Crippen LogP contribution in [0.25, 0.3) is 11.6 Å². The Morgan fingerprint density at radius 1 is 1.14 bits per heavy atom. The molecular weight excluding hydrogens is 266 g/mol. The first-order chi connectivity index (χ1) is 10.1. The van der Waals surface area contributed by atoms with E-state index >= 15 is 0 Å². The quantitative estimate of drug-likeness (QED) is 0.371. The van der Waals surface area contributed by atoms with Crippen molar-refractivity contribution in [1.82, 2.24) is 0 Å². The van der Waals surface area contributed by atoms with E-state index in [0.29, 0.717) is 16.7 Å². The molecule has 0 spiro atoms. The van der Waals surface area contributed by atoms with Crippen molar-refractivity contribution < 1.29 is 4.92 Å². The van der Waals surface area contributed by atoms with E-state index in [0.717, 1.165) is 5.56 Å². The van der Waals surface area contributed by atoms with Crippen molar-refractivity contribution in [2.75, 3.05) is 0 Å². The minimum Gasteiger partial charge on any atom is -0.258 e. The number of hydrogen-bond donors (Lipinski definition) is 0. The van der Waals surface area contributed by atoms with Crippen molar-refractivity contribution in [2.45, 2.75) is 0 Å². The highest BCUT2D eigenvalue weighted by molar-refractivity contribution is 5.90. The SMILES string of the molecule is N#C/C(=C/c1ccc(C#N)cc1)c1cccc([N+](=O)[O-])c1. The first-order valence-corrected chi connectivity index (χ1v) is 6.01. The van der Waals surface area contributed by atoms with Gasteiger partial charge in [0.05, 0.1) is 28.2 Å².